The van der Waals surface area contributed by atoms with Crippen LogP contribution in [0.3, 0.4) is 0 Å². The van der Waals surface area contributed by atoms with Crippen LogP contribution in [-0.2, 0) is 9.59 Å². The number of benzene rings is 1. The zero-order valence-corrected chi connectivity index (χ0v) is 11.4. The van der Waals surface area contributed by atoms with Crippen molar-refractivity contribution in [1.82, 2.24) is 5.32 Å². The van der Waals surface area contributed by atoms with Crippen molar-refractivity contribution in [3.8, 4) is 0 Å². The molecule has 1 N–H and O–H groups in total. The molecule has 19 heavy (non-hydrogen) atoms. The van der Waals surface area contributed by atoms with Crippen LogP contribution in [0, 0.1) is 11.7 Å². The summed E-state index contributed by atoms with van der Waals surface area (Å²) in [6, 6.07) is 3.45. The molecule has 1 heterocycles. The average molecular weight is 285 g/mol. The molecule has 0 bridgehead atoms. The highest BCUT2D eigenvalue weighted by Gasteiger charge is 2.37. The number of halogens is 2. The number of carbonyl (C=O) groups excluding carboxylic acids is 2. The lowest BCUT2D eigenvalue weighted by Gasteiger charge is -2.37. The number of nitrogens with zero attached hydrogens (tertiary/aromatic N) is 1. The van der Waals surface area contributed by atoms with Gasteiger partial charge in [-0.1, -0.05) is 25.4 Å². The summed E-state index contributed by atoms with van der Waals surface area (Å²) in [6.07, 6.45) is 0. The Labute approximate surface area is 115 Å². The van der Waals surface area contributed by atoms with Gasteiger partial charge in [-0.25, -0.2) is 4.39 Å². The fraction of sp³-hybridized carbons (Fsp3) is 0.385. The largest absolute Gasteiger partial charge is 0.345 e. The van der Waals surface area contributed by atoms with Crippen molar-refractivity contribution in [2.24, 2.45) is 5.92 Å². The lowest BCUT2D eigenvalue weighted by Crippen LogP contribution is -2.60. The number of hydrogen-bond donors (Lipinski definition) is 1. The minimum atomic E-state index is -0.637. The van der Waals surface area contributed by atoms with Crippen LogP contribution >= 0.6 is 11.6 Å². The van der Waals surface area contributed by atoms with Crippen molar-refractivity contribution < 1.29 is 14.0 Å². The summed E-state index contributed by atoms with van der Waals surface area (Å²) in [5, 5.41) is 2.52. The Bertz CT molecular complexity index is 533. The third kappa shape index (κ3) is 2.56. The van der Waals surface area contributed by atoms with Crippen LogP contribution in [0.1, 0.15) is 13.8 Å². The summed E-state index contributed by atoms with van der Waals surface area (Å²) >= 11 is 5.63. The second kappa shape index (κ2) is 5.17. The molecule has 4 nitrogen and oxygen atoms in total. The van der Waals surface area contributed by atoms with E-state index in [1.165, 1.54) is 23.1 Å². The first kappa shape index (κ1) is 13.8. The Hall–Kier alpha value is -1.62. The van der Waals surface area contributed by atoms with Crippen molar-refractivity contribution in [2.75, 3.05) is 11.4 Å². The van der Waals surface area contributed by atoms with E-state index in [0.717, 1.165) is 0 Å². The number of hydrogen-bond acceptors (Lipinski definition) is 2. The van der Waals surface area contributed by atoms with E-state index in [1.54, 1.807) is 0 Å². The Balaban J connectivity index is 2.45. The van der Waals surface area contributed by atoms with Gasteiger partial charge in [-0.2, -0.15) is 0 Å². The maximum atomic E-state index is 13.5. The summed E-state index contributed by atoms with van der Waals surface area (Å²) in [7, 11) is 0. The number of rotatable bonds is 2. The quantitative estimate of drug-likeness (QED) is 0.903. The van der Waals surface area contributed by atoms with Gasteiger partial charge in [-0.3, -0.25) is 14.5 Å². The van der Waals surface area contributed by atoms with E-state index in [-0.39, 0.29) is 29.3 Å². The first-order valence-corrected chi connectivity index (χ1v) is 6.34. The van der Waals surface area contributed by atoms with Crippen LogP contribution < -0.4 is 10.2 Å². The molecule has 0 aliphatic carbocycles. The highest BCUT2D eigenvalue weighted by Crippen LogP contribution is 2.27. The smallest absolute Gasteiger partial charge is 0.247 e. The third-order valence-corrected chi connectivity index (χ3v) is 3.35. The summed E-state index contributed by atoms with van der Waals surface area (Å²) in [6.45, 7) is 3.59. The SMILES string of the molecule is CC(C)C1C(=O)NCC(=O)N1c1ccc(Cl)c(F)c1. The molecule has 1 unspecified atom stereocenters. The number of piperazine rings is 1. The molecule has 0 spiro atoms. The van der Waals surface area contributed by atoms with E-state index in [2.05, 4.69) is 5.32 Å². The van der Waals surface area contributed by atoms with Crippen LogP contribution in [0.25, 0.3) is 0 Å². The van der Waals surface area contributed by atoms with Crippen LogP contribution in [0.2, 0.25) is 5.02 Å². The number of nitrogens with one attached hydrogen (secondary N) is 1. The fourth-order valence-electron chi connectivity index (χ4n) is 2.17. The first-order valence-electron chi connectivity index (χ1n) is 5.96. The molecule has 1 saturated heterocycles. The molecule has 6 heteroatoms. The Morgan fingerprint density at radius 2 is 2.11 bits per heavy atom. The molecule has 1 aliphatic rings. The molecule has 2 rings (SSSR count). The van der Waals surface area contributed by atoms with Gasteiger partial charge < -0.3 is 5.32 Å². The molecule has 1 aromatic carbocycles. The van der Waals surface area contributed by atoms with Crippen LogP contribution in [-0.4, -0.2) is 24.4 Å². The van der Waals surface area contributed by atoms with E-state index >= 15 is 0 Å². The van der Waals surface area contributed by atoms with Gasteiger partial charge in [0.25, 0.3) is 0 Å². The Morgan fingerprint density at radius 1 is 1.42 bits per heavy atom. The zero-order valence-electron chi connectivity index (χ0n) is 10.6. The second-order valence-electron chi connectivity index (χ2n) is 4.77. The fourth-order valence-corrected chi connectivity index (χ4v) is 2.28. The van der Waals surface area contributed by atoms with Gasteiger partial charge in [-0.05, 0) is 24.1 Å². The Kier molecular flexibility index (Phi) is 3.75. The maximum Gasteiger partial charge on any atom is 0.247 e. The predicted molar refractivity (Wildman–Crippen MR) is 70.5 cm³/mol. The standard InChI is InChI=1S/C13H14ClFN2O2/c1-7(2)12-13(19)16-6-11(18)17(12)8-3-4-9(14)10(15)5-8/h3-5,7,12H,6H2,1-2H3,(H,16,19). The second-order valence-corrected chi connectivity index (χ2v) is 5.18. The van der Waals surface area contributed by atoms with E-state index in [0.29, 0.717) is 5.69 Å². The minimum absolute atomic E-state index is 0.0150. The lowest BCUT2D eigenvalue weighted by molar-refractivity contribution is -0.131. The normalized spacial score (nSPS) is 19.8. The molecule has 1 aliphatic heterocycles. The zero-order chi connectivity index (χ0) is 14.2. The van der Waals surface area contributed by atoms with Crippen LogP contribution in [0.4, 0.5) is 10.1 Å². The molecule has 0 radical (unpaired) electrons. The van der Waals surface area contributed by atoms with Crippen LogP contribution in [0.15, 0.2) is 18.2 Å². The lowest BCUT2D eigenvalue weighted by atomic mass is 9.98. The molecule has 0 aromatic heterocycles. The first-order chi connectivity index (χ1) is 8.91. The molecule has 102 valence electrons. The summed E-state index contributed by atoms with van der Waals surface area (Å²) in [5.74, 6) is -1.19. The van der Waals surface area contributed by atoms with Crippen LogP contribution in [0.5, 0.6) is 0 Å². The Morgan fingerprint density at radius 3 is 2.68 bits per heavy atom. The van der Waals surface area contributed by atoms with Crippen molar-refractivity contribution >= 4 is 29.1 Å². The molecular formula is C13H14ClFN2O2. The molecule has 0 saturated carbocycles. The van der Waals surface area contributed by atoms with Gasteiger partial charge in [0.05, 0.1) is 11.6 Å². The highest BCUT2D eigenvalue weighted by molar-refractivity contribution is 6.30. The van der Waals surface area contributed by atoms with Gasteiger partial charge >= 0.3 is 0 Å². The predicted octanol–water partition coefficient (Wildman–Crippen LogP) is 1.97. The highest BCUT2D eigenvalue weighted by atomic mass is 35.5. The van der Waals surface area contributed by atoms with E-state index in [1.807, 2.05) is 13.8 Å². The van der Waals surface area contributed by atoms with E-state index in [4.69, 9.17) is 11.6 Å². The molecule has 1 fully saturated rings. The van der Waals surface area contributed by atoms with Gasteiger partial charge in [-0.15, -0.1) is 0 Å². The van der Waals surface area contributed by atoms with Crippen molar-refractivity contribution in [3.05, 3.63) is 29.0 Å². The molecule has 2 amide bonds. The summed E-state index contributed by atoms with van der Waals surface area (Å²) in [4.78, 5) is 25.2. The van der Waals surface area contributed by atoms with E-state index < -0.39 is 11.9 Å². The third-order valence-electron chi connectivity index (χ3n) is 3.04. The van der Waals surface area contributed by atoms with Gasteiger partial charge in [0.15, 0.2) is 0 Å². The van der Waals surface area contributed by atoms with Crippen molar-refractivity contribution in [3.63, 3.8) is 0 Å². The molecule has 1 atom stereocenters. The average Bonchev–Trinajstić information content (AvgIpc) is 2.35. The summed E-state index contributed by atoms with van der Waals surface area (Å²) in [5.41, 5.74) is 0.348. The molecular weight excluding hydrogens is 271 g/mol. The van der Waals surface area contributed by atoms with Gasteiger partial charge in [0.2, 0.25) is 11.8 Å². The molecule has 1 aromatic rings. The topological polar surface area (TPSA) is 49.4 Å². The van der Waals surface area contributed by atoms with Crippen molar-refractivity contribution in [1.29, 1.82) is 0 Å². The maximum absolute atomic E-state index is 13.5. The number of anilines is 1. The van der Waals surface area contributed by atoms with Gasteiger partial charge in [0.1, 0.15) is 11.9 Å². The summed E-state index contributed by atoms with van der Waals surface area (Å²) < 4.78 is 13.5. The monoisotopic (exact) mass is 284 g/mol. The van der Waals surface area contributed by atoms with Crippen molar-refractivity contribution in [2.45, 2.75) is 19.9 Å². The number of amides is 2. The minimum Gasteiger partial charge on any atom is -0.345 e. The van der Waals surface area contributed by atoms with Gasteiger partial charge in [0, 0.05) is 5.69 Å². The van der Waals surface area contributed by atoms with E-state index in [9.17, 15) is 14.0 Å². The number of carbonyl (C=O) groups is 2.